The number of hydrogen-bond donors (Lipinski definition) is 3. The van der Waals surface area contributed by atoms with E-state index in [-0.39, 0.29) is 17.7 Å². The molecule has 178 valence electrons. The topological polar surface area (TPSA) is 109 Å². The zero-order valence-corrected chi connectivity index (χ0v) is 19.6. The number of benzene rings is 2. The molecule has 0 saturated heterocycles. The molecule has 4 rings (SSSR count). The SMILES string of the molecule is CCC[C@H](Nc1cncc(-c2ccc(O)c(OC)c2)n1)c1cccc(NC(=O)c2cccnc2)c1. The Bertz CT molecular complexity index is 1300. The molecule has 2 aromatic carbocycles. The minimum atomic E-state index is -0.210. The van der Waals surface area contributed by atoms with Gasteiger partial charge in [-0.25, -0.2) is 4.98 Å². The van der Waals surface area contributed by atoms with E-state index >= 15 is 0 Å². The molecule has 0 unspecified atom stereocenters. The number of hydrogen-bond acceptors (Lipinski definition) is 7. The quantitative estimate of drug-likeness (QED) is 0.299. The third-order valence-corrected chi connectivity index (χ3v) is 5.48. The molecule has 0 radical (unpaired) electrons. The first-order valence-electron chi connectivity index (χ1n) is 11.3. The lowest BCUT2D eigenvalue weighted by Crippen LogP contribution is -2.14. The van der Waals surface area contributed by atoms with Crippen molar-refractivity contribution < 1.29 is 14.6 Å². The molecule has 0 bridgehead atoms. The summed E-state index contributed by atoms with van der Waals surface area (Å²) in [6.45, 7) is 2.12. The Hall–Kier alpha value is -4.46. The molecule has 35 heavy (non-hydrogen) atoms. The summed E-state index contributed by atoms with van der Waals surface area (Å²) in [6, 6.07) is 16.3. The maximum atomic E-state index is 12.5. The maximum Gasteiger partial charge on any atom is 0.257 e. The summed E-state index contributed by atoms with van der Waals surface area (Å²) in [5.41, 5.74) is 3.66. The van der Waals surface area contributed by atoms with Crippen molar-refractivity contribution in [2.45, 2.75) is 25.8 Å². The molecule has 2 heterocycles. The van der Waals surface area contributed by atoms with Gasteiger partial charge in [-0.05, 0) is 54.4 Å². The van der Waals surface area contributed by atoms with E-state index in [2.05, 4.69) is 27.5 Å². The van der Waals surface area contributed by atoms with Crippen LogP contribution in [0.4, 0.5) is 11.5 Å². The normalized spacial score (nSPS) is 11.5. The fourth-order valence-electron chi connectivity index (χ4n) is 3.73. The molecule has 4 aromatic rings. The highest BCUT2D eigenvalue weighted by Gasteiger charge is 2.14. The average Bonchev–Trinajstić information content (AvgIpc) is 2.89. The highest BCUT2D eigenvalue weighted by Crippen LogP contribution is 2.31. The van der Waals surface area contributed by atoms with E-state index in [9.17, 15) is 9.90 Å². The van der Waals surface area contributed by atoms with Gasteiger partial charge in [-0.1, -0.05) is 25.5 Å². The molecular weight excluding hydrogens is 442 g/mol. The van der Waals surface area contributed by atoms with Crippen molar-refractivity contribution >= 4 is 17.4 Å². The van der Waals surface area contributed by atoms with Gasteiger partial charge in [0.2, 0.25) is 0 Å². The number of aromatic hydroxyl groups is 1. The Morgan fingerprint density at radius 3 is 2.71 bits per heavy atom. The monoisotopic (exact) mass is 469 g/mol. The zero-order valence-electron chi connectivity index (χ0n) is 19.6. The number of carbonyl (C=O) groups is 1. The predicted molar refractivity (Wildman–Crippen MR) is 136 cm³/mol. The number of nitrogens with one attached hydrogen (secondary N) is 2. The first-order chi connectivity index (χ1) is 17.1. The van der Waals surface area contributed by atoms with Gasteiger partial charge in [0.05, 0.1) is 36.8 Å². The second-order valence-electron chi connectivity index (χ2n) is 7.98. The van der Waals surface area contributed by atoms with Gasteiger partial charge in [0.1, 0.15) is 5.82 Å². The van der Waals surface area contributed by atoms with Crippen LogP contribution in [-0.4, -0.2) is 33.1 Å². The summed E-state index contributed by atoms with van der Waals surface area (Å²) in [4.78, 5) is 25.6. The molecule has 8 heteroatoms. The second kappa shape index (κ2) is 11.1. The number of rotatable bonds is 9. The van der Waals surface area contributed by atoms with Crippen molar-refractivity contribution in [3.63, 3.8) is 0 Å². The molecule has 0 aliphatic rings. The zero-order chi connectivity index (χ0) is 24.6. The Morgan fingerprint density at radius 1 is 1.06 bits per heavy atom. The number of nitrogens with zero attached hydrogens (tertiary/aromatic N) is 3. The Kier molecular flexibility index (Phi) is 7.52. The van der Waals surface area contributed by atoms with Gasteiger partial charge in [0.25, 0.3) is 5.91 Å². The number of pyridine rings is 1. The van der Waals surface area contributed by atoms with Crippen molar-refractivity contribution in [2.24, 2.45) is 0 Å². The molecule has 2 aromatic heterocycles. The van der Waals surface area contributed by atoms with Gasteiger partial charge in [0.15, 0.2) is 11.5 Å². The van der Waals surface area contributed by atoms with E-state index in [1.54, 1.807) is 48.9 Å². The second-order valence-corrected chi connectivity index (χ2v) is 7.98. The summed E-state index contributed by atoms with van der Waals surface area (Å²) in [7, 11) is 1.51. The van der Waals surface area contributed by atoms with Gasteiger partial charge >= 0.3 is 0 Å². The molecular formula is C27H27N5O3. The number of aromatic nitrogens is 3. The van der Waals surface area contributed by atoms with Crippen LogP contribution in [0.3, 0.4) is 0 Å². The lowest BCUT2D eigenvalue weighted by atomic mass is 10.0. The summed E-state index contributed by atoms with van der Waals surface area (Å²) in [5.74, 6) is 0.851. The minimum Gasteiger partial charge on any atom is -0.504 e. The molecule has 0 spiro atoms. The van der Waals surface area contributed by atoms with Crippen LogP contribution in [-0.2, 0) is 0 Å². The Labute approximate surface area is 204 Å². The van der Waals surface area contributed by atoms with Crippen LogP contribution in [0.25, 0.3) is 11.3 Å². The van der Waals surface area contributed by atoms with Crippen LogP contribution >= 0.6 is 0 Å². The standard InChI is InChI=1S/C27H27N5O3/c1-3-6-22(18-7-4-9-21(13-18)30-27(34)20-8-5-12-28-15-20)31-26-17-29-16-23(32-26)19-10-11-24(33)25(14-19)35-2/h4-5,7-17,22,33H,3,6H2,1-2H3,(H,30,34)(H,31,32)/t22-/m0/s1. The van der Waals surface area contributed by atoms with E-state index in [4.69, 9.17) is 9.72 Å². The van der Waals surface area contributed by atoms with Gasteiger partial charge in [-0.2, -0.15) is 0 Å². The number of phenolic OH excluding ortho intramolecular Hbond substituents is 1. The Morgan fingerprint density at radius 2 is 1.94 bits per heavy atom. The van der Waals surface area contributed by atoms with E-state index in [1.165, 1.54) is 13.3 Å². The molecule has 0 fully saturated rings. The van der Waals surface area contributed by atoms with Crippen LogP contribution in [0.15, 0.2) is 79.4 Å². The van der Waals surface area contributed by atoms with Crippen molar-refractivity contribution in [3.05, 3.63) is 90.5 Å². The van der Waals surface area contributed by atoms with Crippen LogP contribution in [0.1, 0.15) is 41.7 Å². The van der Waals surface area contributed by atoms with E-state index in [0.29, 0.717) is 28.5 Å². The van der Waals surface area contributed by atoms with E-state index in [0.717, 1.165) is 24.0 Å². The highest BCUT2D eigenvalue weighted by atomic mass is 16.5. The van der Waals surface area contributed by atoms with Crippen molar-refractivity contribution in [1.29, 1.82) is 0 Å². The van der Waals surface area contributed by atoms with Crippen LogP contribution in [0, 0.1) is 0 Å². The number of carbonyl (C=O) groups excluding carboxylic acids is 1. The fourth-order valence-corrected chi connectivity index (χ4v) is 3.73. The smallest absolute Gasteiger partial charge is 0.257 e. The van der Waals surface area contributed by atoms with Crippen molar-refractivity contribution in [3.8, 4) is 22.8 Å². The average molecular weight is 470 g/mol. The fraction of sp³-hybridized carbons (Fsp3) is 0.185. The van der Waals surface area contributed by atoms with Crippen molar-refractivity contribution in [1.82, 2.24) is 15.0 Å². The van der Waals surface area contributed by atoms with Crippen LogP contribution in [0.2, 0.25) is 0 Å². The summed E-state index contributed by atoms with van der Waals surface area (Å²) >= 11 is 0. The predicted octanol–water partition coefficient (Wildman–Crippen LogP) is 5.46. The maximum absolute atomic E-state index is 12.5. The lowest BCUT2D eigenvalue weighted by molar-refractivity contribution is 0.102. The number of ether oxygens (including phenoxy) is 1. The largest absolute Gasteiger partial charge is 0.504 e. The number of amides is 1. The minimum absolute atomic E-state index is 0.0332. The summed E-state index contributed by atoms with van der Waals surface area (Å²) in [6.07, 6.45) is 8.33. The first kappa shape index (κ1) is 23.7. The Balaban J connectivity index is 1.54. The van der Waals surface area contributed by atoms with Gasteiger partial charge in [0, 0.05) is 23.6 Å². The number of methoxy groups -OCH3 is 1. The molecule has 0 aliphatic heterocycles. The van der Waals surface area contributed by atoms with E-state index < -0.39 is 0 Å². The molecule has 1 amide bonds. The molecule has 0 aliphatic carbocycles. The molecule has 1 atom stereocenters. The molecule has 8 nitrogen and oxygen atoms in total. The van der Waals surface area contributed by atoms with Crippen LogP contribution < -0.4 is 15.4 Å². The molecule has 0 saturated carbocycles. The third-order valence-electron chi connectivity index (χ3n) is 5.48. The number of anilines is 2. The first-order valence-corrected chi connectivity index (χ1v) is 11.3. The summed E-state index contributed by atoms with van der Waals surface area (Å²) in [5, 5.41) is 16.3. The lowest BCUT2D eigenvalue weighted by Gasteiger charge is -2.20. The molecule has 3 N–H and O–H groups in total. The highest BCUT2D eigenvalue weighted by molar-refractivity contribution is 6.04. The van der Waals surface area contributed by atoms with Gasteiger partial charge < -0.3 is 20.5 Å². The third kappa shape index (κ3) is 5.92. The van der Waals surface area contributed by atoms with Gasteiger partial charge in [-0.3, -0.25) is 14.8 Å². The van der Waals surface area contributed by atoms with E-state index in [1.807, 2.05) is 24.3 Å². The number of phenols is 1. The van der Waals surface area contributed by atoms with Gasteiger partial charge in [-0.15, -0.1) is 0 Å². The van der Waals surface area contributed by atoms with Crippen molar-refractivity contribution in [2.75, 3.05) is 17.7 Å². The summed E-state index contributed by atoms with van der Waals surface area (Å²) < 4.78 is 5.21. The van der Waals surface area contributed by atoms with Crippen LogP contribution in [0.5, 0.6) is 11.5 Å².